The number of sulfonamides is 1. The first-order valence-corrected chi connectivity index (χ1v) is 11.5. The third kappa shape index (κ3) is 4.49. The molecule has 4 rings (SSSR count). The molecule has 162 valence electrons. The van der Waals surface area contributed by atoms with Gasteiger partial charge in [0.15, 0.2) is 0 Å². The van der Waals surface area contributed by atoms with Crippen LogP contribution in [0.3, 0.4) is 0 Å². The number of rotatable bonds is 6. The molecule has 2 aromatic rings. The molecule has 0 radical (unpaired) electrons. The van der Waals surface area contributed by atoms with Crippen LogP contribution in [0.5, 0.6) is 11.8 Å². The summed E-state index contributed by atoms with van der Waals surface area (Å²) in [5.74, 6) is 0.469. The molecular formula is C18H23N5O6S. The number of nitrogens with zero attached hydrogens (tertiary/aromatic N) is 5. The molecule has 0 spiro atoms. The van der Waals surface area contributed by atoms with Gasteiger partial charge in [-0.15, -0.1) is 0 Å². The van der Waals surface area contributed by atoms with Crippen LogP contribution in [0.2, 0.25) is 0 Å². The molecule has 1 aromatic carbocycles. The summed E-state index contributed by atoms with van der Waals surface area (Å²) in [6.45, 7) is 3.13. The van der Waals surface area contributed by atoms with E-state index in [-0.39, 0.29) is 17.9 Å². The van der Waals surface area contributed by atoms with E-state index in [4.69, 9.17) is 9.47 Å². The maximum absolute atomic E-state index is 11.6. The Bertz CT molecular complexity index is 1010. The monoisotopic (exact) mass is 437 g/mol. The Morgan fingerprint density at radius 3 is 2.53 bits per heavy atom. The van der Waals surface area contributed by atoms with E-state index in [2.05, 4.69) is 9.88 Å². The van der Waals surface area contributed by atoms with Gasteiger partial charge >= 0.3 is 11.8 Å². The Balaban J connectivity index is 1.29. The van der Waals surface area contributed by atoms with E-state index < -0.39 is 14.9 Å². The Hall–Kier alpha value is -2.86. The predicted octanol–water partition coefficient (Wildman–Crippen LogP) is 1.10. The van der Waals surface area contributed by atoms with E-state index >= 15 is 0 Å². The lowest BCUT2D eigenvalue weighted by Crippen LogP contribution is -2.48. The lowest BCUT2D eigenvalue weighted by Gasteiger charge is -2.34. The first-order chi connectivity index (χ1) is 14.3. The molecule has 1 fully saturated rings. The molecule has 0 unspecified atom stereocenters. The van der Waals surface area contributed by atoms with Crippen molar-refractivity contribution in [1.29, 1.82) is 0 Å². The van der Waals surface area contributed by atoms with Crippen molar-refractivity contribution in [3.63, 3.8) is 0 Å². The molecule has 0 bridgehead atoms. The first-order valence-electron chi connectivity index (χ1n) is 9.61. The number of hydrogen-bond acceptors (Lipinski definition) is 8. The summed E-state index contributed by atoms with van der Waals surface area (Å²) in [7, 11) is -3.14. The number of anilines is 1. The van der Waals surface area contributed by atoms with E-state index in [0.717, 1.165) is 5.69 Å². The Morgan fingerprint density at radius 2 is 1.90 bits per heavy atom. The van der Waals surface area contributed by atoms with Gasteiger partial charge in [-0.1, -0.05) is 0 Å². The second-order valence-electron chi connectivity index (χ2n) is 7.31. The van der Waals surface area contributed by atoms with Crippen LogP contribution in [-0.2, 0) is 16.6 Å². The molecule has 0 saturated carbocycles. The van der Waals surface area contributed by atoms with Gasteiger partial charge in [0.05, 0.1) is 6.26 Å². The van der Waals surface area contributed by atoms with Crippen LogP contribution >= 0.6 is 0 Å². The standard InChI is InChI=1S/C18H23N5O6S/c1-30(26,27)22-10-8-20(9-11-22)14-2-4-15(5-3-14)28-13-16-6-7-21-12-17(23(24)25)19-18(21)29-16/h2-5,12,16H,6-11,13H2,1H3/t16-/m1/s1. The minimum atomic E-state index is -3.14. The van der Waals surface area contributed by atoms with Gasteiger partial charge in [0.25, 0.3) is 0 Å². The molecule has 0 N–H and O–H groups in total. The average molecular weight is 437 g/mol. The van der Waals surface area contributed by atoms with E-state index in [9.17, 15) is 18.5 Å². The Kier molecular flexibility index (Phi) is 5.52. The van der Waals surface area contributed by atoms with Gasteiger partial charge in [-0.3, -0.25) is 4.57 Å². The highest BCUT2D eigenvalue weighted by Gasteiger charge is 2.28. The molecule has 3 heterocycles. The fourth-order valence-corrected chi connectivity index (χ4v) is 4.38. The van der Waals surface area contributed by atoms with Crippen molar-refractivity contribution in [2.24, 2.45) is 0 Å². The number of aryl methyl sites for hydroxylation is 1. The van der Waals surface area contributed by atoms with Gasteiger partial charge in [-0.2, -0.15) is 4.31 Å². The molecule has 30 heavy (non-hydrogen) atoms. The Labute approximate surface area is 174 Å². The average Bonchev–Trinajstić information content (AvgIpc) is 3.16. The van der Waals surface area contributed by atoms with Gasteiger partial charge < -0.3 is 24.5 Å². The second-order valence-corrected chi connectivity index (χ2v) is 9.30. The van der Waals surface area contributed by atoms with Crippen LogP contribution in [0.15, 0.2) is 30.5 Å². The highest BCUT2D eigenvalue weighted by Crippen LogP contribution is 2.25. The zero-order valence-electron chi connectivity index (χ0n) is 16.5. The minimum Gasteiger partial charge on any atom is -0.490 e. The van der Waals surface area contributed by atoms with Gasteiger partial charge in [0.2, 0.25) is 10.0 Å². The number of aromatic nitrogens is 2. The summed E-state index contributed by atoms with van der Waals surface area (Å²) < 4.78 is 37.9. The normalized spacial score (nSPS) is 19.8. The molecule has 0 aliphatic carbocycles. The quantitative estimate of drug-likeness (QED) is 0.487. The molecule has 1 atom stereocenters. The third-order valence-corrected chi connectivity index (χ3v) is 6.53. The fourth-order valence-electron chi connectivity index (χ4n) is 3.56. The molecule has 2 aliphatic rings. The van der Waals surface area contributed by atoms with E-state index in [1.54, 1.807) is 4.57 Å². The maximum Gasteiger partial charge on any atom is 0.414 e. The zero-order chi connectivity index (χ0) is 21.3. The molecule has 1 saturated heterocycles. The number of nitro groups is 1. The van der Waals surface area contributed by atoms with Gasteiger partial charge in [0, 0.05) is 49.8 Å². The van der Waals surface area contributed by atoms with Crippen LogP contribution in [0.1, 0.15) is 6.42 Å². The van der Waals surface area contributed by atoms with E-state index in [1.165, 1.54) is 16.8 Å². The van der Waals surface area contributed by atoms with Crippen LogP contribution in [-0.4, -0.2) is 72.3 Å². The van der Waals surface area contributed by atoms with Gasteiger partial charge in [-0.05, 0) is 29.2 Å². The van der Waals surface area contributed by atoms with Crippen LogP contribution in [0.25, 0.3) is 0 Å². The van der Waals surface area contributed by atoms with Crippen molar-refractivity contribution in [2.45, 2.75) is 19.1 Å². The summed E-state index contributed by atoms with van der Waals surface area (Å²) in [5, 5.41) is 10.8. The van der Waals surface area contributed by atoms with Crippen molar-refractivity contribution in [3.05, 3.63) is 40.6 Å². The number of imidazole rings is 1. The maximum atomic E-state index is 11.6. The predicted molar refractivity (Wildman–Crippen MR) is 108 cm³/mol. The summed E-state index contributed by atoms with van der Waals surface area (Å²) >= 11 is 0. The molecule has 1 aromatic heterocycles. The third-order valence-electron chi connectivity index (χ3n) is 5.22. The highest BCUT2D eigenvalue weighted by atomic mass is 32.2. The highest BCUT2D eigenvalue weighted by molar-refractivity contribution is 7.88. The number of hydrogen-bond donors (Lipinski definition) is 0. The van der Waals surface area contributed by atoms with Crippen LogP contribution in [0, 0.1) is 10.1 Å². The van der Waals surface area contributed by atoms with Crippen molar-refractivity contribution in [1.82, 2.24) is 13.9 Å². The van der Waals surface area contributed by atoms with Crippen LogP contribution < -0.4 is 14.4 Å². The topological polar surface area (TPSA) is 120 Å². The van der Waals surface area contributed by atoms with Crippen molar-refractivity contribution in [3.8, 4) is 11.8 Å². The van der Waals surface area contributed by atoms with Crippen molar-refractivity contribution < 1.29 is 22.8 Å². The fraction of sp³-hybridized carbons (Fsp3) is 0.500. The molecule has 0 amide bonds. The zero-order valence-corrected chi connectivity index (χ0v) is 17.3. The van der Waals surface area contributed by atoms with Crippen molar-refractivity contribution >= 4 is 21.5 Å². The SMILES string of the molecule is CS(=O)(=O)N1CCN(c2ccc(OC[C@H]3CCn4cc([N+](=O)[O-])nc4O3)cc2)CC1. The lowest BCUT2D eigenvalue weighted by molar-refractivity contribution is -0.389. The van der Waals surface area contributed by atoms with Gasteiger partial charge in [-0.25, -0.2) is 8.42 Å². The summed E-state index contributed by atoms with van der Waals surface area (Å²) in [5.41, 5.74) is 1.01. The molecule has 2 aliphatic heterocycles. The summed E-state index contributed by atoms with van der Waals surface area (Å²) in [6.07, 6.45) is 3.05. The number of piperazine rings is 1. The summed E-state index contributed by atoms with van der Waals surface area (Å²) in [6, 6.07) is 7.87. The van der Waals surface area contributed by atoms with E-state index in [0.29, 0.717) is 51.5 Å². The van der Waals surface area contributed by atoms with E-state index in [1.807, 2.05) is 24.3 Å². The van der Waals surface area contributed by atoms with Crippen LogP contribution in [0.4, 0.5) is 11.5 Å². The number of ether oxygens (including phenoxy) is 2. The second kappa shape index (κ2) is 8.11. The van der Waals surface area contributed by atoms with Crippen molar-refractivity contribution in [2.75, 3.05) is 43.9 Å². The molecule has 11 nitrogen and oxygen atoms in total. The smallest absolute Gasteiger partial charge is 0.414 e. The number of benzene rings is 1. The minimum absolute atomic E-state index is 0.223. The molecular weight excluding hydrogens is 414 g/mol. The van der Waals surface area contributed by atoms with Gasteiger partial charge in [0.1, 0.15) is 24.7 Å². The lowest BCUT2D eigenvalue weighted by atomic mass is 10.2. The number of fused-ring (bicyclic) bond motifs is 1. The Morgan fingerprint density at radius 1 is 1.20 bits per heavy atom. The first kappa shape index (κ1) is 20.4. The molecule has 12 heteroatoms. The summed E-state index contributed by atoms with van der Waals surface area (Å²) in [4.78, 5) is 16.3. The largest absolute Gasteiger partial charge is 0.490 e.